The molecule has 1 unspecified atom stereocenters. The average molecular weight is 760 g/mol. The molecule has 0 heterocycles. The second-order valence-corrected chi connectivity index (χ2v) is 17.0. The van der Waals surface area contributed by atoms with Gasteiger partial charge in [0.25, 0.3) is 0 Å². The van der Waals surface area contributed by atoms with Gasteiger partial charge in [-0.2, -0.15) is 0 Å². The van der Waals surface area contributed by atoms with E-state index in [9.17, 15) is 24.0 Å². The first-order chi connectivity index (χ1) is 24.3. The molecule has 0 aliphatic heterocycles. The minimum Gasteiger partial charge on any atom is -0.444 e. The number of alkyl carbamates (subject to hydrolysis) is 3. The molecule has 0 aromatic rings. The third kappa shape index (κ3) is 28.6. The number of hydrogen-bond acceptors (Lipinski definition) is 11. The van der Waals surface area contributed by atoms with Crippen LogP contribution in [-0.4, -0.2) is 127 Å². The van der Waals surface area contributed by atoms with Gasteiger partial charge in [-0.25, -0.2) is 19.2 Å². The minimum absolute atomic E-state index is 0.160. The van der Waals surface area contributed by atoms with E-state index in [1.165, 1.54) is 4.90 Å². The van der Waals surface area contributed by atoms with Crippen LogP contribution in [-0.2, 0) is 23.7 Å². The lowest BCUT2D eigenvalue weighted by atomic mass is 10.1. The van der Waals surface area contributed by atoms with Crippen molar-refractivity contribution < 1.29 is 42.9 Å². The zero-order valence-corrected chi connectivity index (χ0v) is 34.8. The fraction of sp³-hybridized carbons (Fsp3) is 0.865. The van der Waals surface area contributed by atoms with E-state index >= 15 is 0 Å². The Hall–Kier alpha value is -3.53. The molecule has 0 bridgehead atoms. The van der Waals surface area contributed by atoms with E-state index in [1.807, 2.05) is 41.5 Å². The van der Waals surface area contributed by atoms with Crippen molar-refractivity contribution >= 4 is 30.3 Å². The van der Waals surface area contributed by atoms with Crippen LogP contribution < -0.4 is 27.0 Å². The number of amides is 5. The Kier molecular flexibility index (Phi) is 22.4. The van der Waals surface area contributed by atoms with Crippen LogP contribution in [0, 0.1) is 0 Å². The summed E-state index contributed by atoms with van der Waals surface area (Å²) in [5.74, 6) is -0.334. The summed E-state index contributed by atoms with van der Waals surface area (Å²) in [7, 11) is 0. The lowest BCUT2D eigenvalue weighted by molar-refractivity contribution is -0.126. The molecule has 0 spiro atoms. The number of ether oxygens (including phenoxy) is 4. The van der Waals surface area contributed by atoms with Crippen molar-refractivity contribution in [1.82, 2.24) is 31.1 Å². The van der Waals surface area contributed by atoms with Crippen LogP contribution in [0.4, 0.5) is 19.2 Å². The Labute approximate surface area is 318 Å². The molecule has 0 aliphatic rings. The van der Waals surface area contributed by atoms with Crippen molar-refractivity contribution in [2.75, 3.05) is 58.9 Å². The summed E-state index contributed by atoms with van der Waals surface area (Å²) in [4.78, 5) is 67.0. The van der Waals surface area contributed by atoms with E-state index in [0.29, 0.717) is 71.2 Å². The number of nitrogens with zero attached hydrogens (tertiary/aromatic N) is 2. The molecule has 1 atom stereocenters. The van der Waals surface area contributed by atoms with Gasteiger partial charge in [0, 0.05) is 39.3 Å². The van der Waals surface area contributed by atoms with E-state index in [2.05, 4.69) is 26.2 Å². The molecule has 6 N–H and O–H groups in total. The SMILES string of the molecule is CC(C)(C)OC(=O)NCCCN(CCCCC(C(=O)NCCN)N(CCCNC(=O)OC(C)(C)C)C(=O)OC(C)(C)C)CCCNC(=O)OC(C)(C)C. The first-order valence-corrected chi connectivity index (χ1v) is 18.9. The lowest BCUT2D eigenvalue weighted by Gasteiger charge is -2.33. The maximum Gasteiger partial charge on any atom is 0.410 e. The number of carbonyl (C=O) groups excluding carboxylic acids is 5. The van der Waals surface area contributed by atoms with Crippen molar-refractivity contribution in [2.24, 2.45) is 5.73 Å². The van der Waals surface area contributed by atoms with Gasteiger partial charge in [0.15, 0.2) is 0 Å². The Morgan fingerprint density at radius 2 is 0.887 bits per heavy atom. The number of nitrogens with two attached hydrogens (primary N) is 1. The van der Waals surface area contributed by atoms with Crippen molar-refractivity contribution in [3.05, 3.63) is 0 Å². The summed E-state index contributed by atoms with van der Waals surface area (Å²) < 4.78 is 21.7. The summed E-state index contributed by atoms with van der Waals surface area (Å²) >= 11 is 0. The number of unbranched alkanes of at least 4 members (excludes halogenated alkanes) is 1. The number of rotatable bonds is 21. The zero-order chi connectivity index (χ0) is 40.9. The van der Waals surface area contributed by atoms with E-state index in [4.69, 9.17) is 24.7 Å². The molecule has 5 amide bonds. The first kappa shape index (κ1) is 49.5. The third-order valence-corrected chi connectivity index (χ3v) is 6.84. The molecule has 0 aliphatic carbocycles. The largest absolute Gasteiger partial charge is 0.444 e. The normalized spacial score (nSPS) is 12.7. The highest BCUT2D eigenvalue weighted by Crippen LogP contribution is 2.17. The topological polar surface area (TPSA) is 203 Å². The van der Waals surface area contributed by atoms with Crippen molar-refractivity contribution in [3.8, 4) is 0 Å². The van der Waals surface area contributed by atoms with Gasteiger partial charge < -0.3 is 50.8 Å². The van der Waals surface area contributed by atoms with Gasteiger partial charge in [0.2, 0.25) is 5.91 Å². The predicted octanol–water partition coefficient (Wildman–Crippen LogP) is 4.88. The van der Waals surface area contributed by atoms with E-state index in [-0.39, 0.29) is 32.1 Å². The molecule has 0 saturated heterocycles. The van der Waals surface area contributed by atoms with Crippen molar-refractivity contribution in [1.29, 1.82) is 0 Å². The molecular weight excluding hydrogens is 686 g/mol. The highest BCUT2D eigenvalue weighted by atomic mass is 16.6. The Bertz CT molecular complexity index is 1070. The summed E-state index contributed by atoms with van der Waals surface area (Å²) in [5.41, 5.74) is 3.05. The van der Waals surface area contributed by atoms with Crippen LogP contribution in [0.1, 0.15) is 122 Å². The number of carbonyl (C=O) groups is 5. The third-order valence-electron chi connectivity index (χ3n) is 6.84. The van der Waals surface area contributed by atoms with E-state index < -0.39 is 52.8 Å². The van der Waals surface area contributed by atoms with Crippen LogP contribution in [0.25, 0.3) is 0 Å². The van der Waals surface area contributed by atoms with E-state index in [1.54, 1.807) is 41.5 Å². The zero-order valence-electron chi connectivity index (χ0n) is 34.8. The van der Waals surface area contributed by atoms with E-state index in [0.717, 1.165) is 0 Å². The van der Waals surface area contributed by atoms with Crippen LogP contribution in [0.5, 0.6) is 0 Å². The highest BCUT2D eigenvalue weighted by molar-refractivity contribution is 5.85. The van der Waals surface area contributed by atoms with Gasteiger partial charge in [-0.1, -0.05) is 0 Å². The van der Waals surface area contributed by atoms with Crippen molar-refractivity contribution in [3.63, 3.8) is 0 Å². The Balaban J connectivity index is 5.65. The van der Waals surface area contributed by atoms with Gasteiger partial charge in [0.05, 0.1) is 0 Å². The summed E-state index contributed by atoms with van der Waals surface area (Å²) in [5, 5.41) is 11.1. The fourth-order valence-electron chi connectivity index (χ4n) is 4.81. The molecule has 310 valence electrons. The maximum atomic E-state index is 13.5. The first-order valence-electron chi connectivity index (χ1n) is 18.9. The monoisotopic (exact) mass is 760 g/mol. The number of hydrogen-bond donors (Lipinski definition) is 5. The molecule has 16 heteroatoms. The summed E-state index contributed by atoms with van der Waals surface area (Å²) in [6.45, 7) is 25.2. The quantitative estimate of drug-likeness (QED) is 0.0788. The van der Waals surface area contributed by atoms with Gasteiger partial charge in [0.1, 0.15) is 28.4 Å². The summed E-state index contributed by atoms with van der Waals surface area (Å²) in [6.07, 6.45) is 1.26. The van der Waals surface area contributed by atoms with Crippen LogP contribution in [0.2, 0.25) is 0 Å². The van der Waals surface area contributed by atoms with Crippen molar-refractivity contribution in [2.45, 2.75) is 150 Å². The molecule has 0 saturated carbocycles. The lowest BCUT2D eigenvalue weighted by Crippen LogP contribution is -2.52. The molecule has 0 fully saturated rings. The maximum absolute atomic E-state index is 13.5. The molecule has 0 rings (SSSR count). The van der Waals surface area contributed by atoms with Gasteiger partial charge in [-0.3, -0.25) is 9.69 Å². The smallest absolute Gasteiger partial charge is 0.410 e. The standard InChI is InChI=1S/C37H73N7O9/c1-34(2,3)50-30(46)40-20-15-25-43(26-16-21-41-31(47)51-35(4,5)6)24-14-13-18-28(29(45)39-23-19-38)44(33(49)53-37(10,11)12)27-17-22-42-32(48)52-36(7,8)9/h28H,13-27,38H2,1-12H3,(H,39,45)(H,40,46)(H,41,47)(H,42,48). The van der Waals surface area contributed by atoms with Crippen LogP contribution in [0.3, 0.4) is 0 Å². The molecule has 0 radical (unpaired) electrons. The van der Waals surface area contributed by atoms with Gasteiger partial charge in [-0.05, 0) is 141 Å². The molecule has 0 aromatic heterocycles. The summed E-state index contributed by atoms with van der Waals surface area (Å²) in [6, 6.07) is -0.831. The molecule has 0 aromatic carbocycles. The number of nitrogens with one attached hydrogen (secondary N) is 4. The fourth-order valence-corrected chi connectivity index (χ4v) is 4.81. The Morgan fingerprint density at radius 3 is 1.26 bits per heavy atom. The van der Waals surface area contributed by atoms with Crippen LogP contribution in [0.15, 0.2) is 0 Å². The predicted molar refractivity (Wildman–Crippen MR) is 206 cm³/mol. The Morgan fingerprint density at radius 1 is 0.509 bits per heavy atom. The second kappa shape index (κ2) is 24.0. The highest BCUT2D eigenvalue weighted by Gasteiger charge is 2.32. The molecular formula is C37H73N7O9. The van der Waals surface area contributed by atoms with Crippen LogP contribution >= 0.6 is 0 Å². The molecule has 16 nitrogen and oxygen atoms in total. The minimum atomic E-state index is -0.831. The van der Waals surface area contributed by atoms with Gasteiger partial charge >= 0.3 is 24.4 Å². The molecule has 53 heavy (non-hydrogen) atoms. The average Bonchev–Trinajstić information content (AvgIpc) is 2.96. The van der Waals surface area contributed by atoms with Gasteiger partial charge in [-0.15, -0.1) is 0 Å². The second-order valence-electron chi connectivity index (χ2n) is 17.0.